The summed E-state index contributed by atoms with van der Waals surface area (Å²) in [7, 11) is 3.53. The number of hydrogen-bond acceptors (Lipinski definition) is 3. The topological polar surface area (TPSA) is 30.5 Å². The van der Waals surface area contributed by atoms with E-state index in [4.69, 9.17) is 9.47 Å². The largest absolute Gasteiger partial charge is 0.491 e. The van der Waals surface area contributed by atoms with Crippen LogP contribution in [-0.2, 0) is 4.74 Å². The Morgan fingerprint density at radius 2 is 1.94 bits per heavy atom. The Bertz CT molecular complexity index is 348. The van der Waals surface area contributed by atoms with Gasteiger partial charge in [-0.05, 0) is 31.3 Å². The Labute approximate surface area is 96.8 Å². The van der Waals surface area contributed by atoms with Gasteiger partial charge in [0.15, 0.2) is 0 Å². The van der Waals surface area contributed by atoms with E-state index in [1.165, 1.54) is 0 Å². The molecule has 0 unspecified atom stereocenters. The van der Waals surface area contributed by atoms with Gasteiger partial charge in [-0.2, -0.15) is 0 Å². The fraction of sp³-hybridized carbons (Fsp3) is 0.385. The maximum absolute atomic E-state index is 5.44. The molecule has 0 atom stereocenters. The van der Waals surface area contributed by atoms with Crippen molar-refractivity contribution in [3.8, 4) is 17.6 Å². The van der Waals surface area contributed by atoms with Crippen LogP contribution in [0.25, 0.3) is 0 Å². The lowest BCUT2D eigenvalue weighted by Crippen LogP contribution is -2.04. The van der Waals surface area contributed by atoms with Crippen molar-refractivity contribution < 1.29 is 9.47 Å². The van der Waals surface area contributed by atoms with Crippen LogP contribution >= 0.6 is 0 Å². The minimum atomic E-state index is 0.571. The highest BCUT2D eigenvalue weighted by Crippen LogP contribution is 2.11. The molecule has 0 aliphatic carbocycles. The van der Waals surface area contributed by atoms with Crippen LogP contribution in [0.2, 0.25) is 0 Å². The first-order chi connectivity index (χ1) is 7.86. The summed E-state index contributed by atoms with van der Waals surface area (Å²) in [6.07, 6.45) is 0. The summed E-state index contributed by atoms with van der Waals surface area (Å²) in [5, 5.41) is 2.97. The molecule has 3 nitrogen and oxygen atoms in total. The van der Waals surface area contributed by atoms with E-state index in [1.54, 1.807) is 7.11 Å². The molecule has 0 saturated heterocycles. The molecule has 0 spiro atoms. The first-order valence-corrected chi connectivity index (χ1v) is 5.22. The van der Waals surface area contributed by atoms with Gasteiger partial charge in [-0.3, -0.25) is 0 Å². The van der Waals surface area contributed by atoms with E-state index in [0.717, 1.165) is 11.3 Å². The number of benzene rings is 1. The molecule has 0 aliphatic heterocycles. The minimum Gasteiger partial charge on any atom is -0.491 e. The fourth-order valence-electron chi connectivity index (χ4n) is 1.11. The van der Waals surface area contributed by atoms with Gasteiger partial charge in [0.1, 0.15) is 12.4 Å². The summed E-state index contributed by atoms with van der Waals surface area (Å²) in [4.78, 5) is 0. The van der Waals surface area contributed by atoms with E-state index in [2.05, 4.69) is 17.2 Å². The molecular weight excluding hydrogens is 202 g/mol. The molecule has 3 heteroatoms. The van der Waals surface area contributed by atoms with E-state index in [9.17, 15) is 0 Å². The Morgan fingerprint density at radius 1 is 1.19 bits per heavy atom. The van der Waals surface area contributed by atoms with Gasteiger partial charge in [0.2, 0.25) is 0 Å². The molecule has 0 fully saturated rings. The molecule has 0 heterocycles. The lowest BCUT2D eigenvalue weighted by Gasteiger charge is -2.04. The lowest BCUT2D eigenvalue weighted by molar-refractivity contribution is 0.146. The van der Waals surface area contributed by atoms with E-state index < -0.39 is 0 Å². The van der Waals surface area contributed by atoms with Gasteiger partial charge < -0.3 is 14.8 Å². The molecule has 1 aromatic rings. The zero-order valence-electron chi connectivity index (χ0n) is 9.75. The molecule has 0 bridgehead atoms. The van der Waals surface area contributed by atoms with Gasteiger partial charge in [-0.1, -0.05) is 11.8 Å². The highest BCUT2D eigenvalue weighted by molar-refractivity contribution is 5.38. The van der Waals surface area contributed by atoms with E-state index >= 15 is 0 Å². The third-order valence-corrected chi connectivity index (χ3v) is 1.91. The zero-order valence-corrected chi connectivity index (χ0v) is 9.75. The Morgan fingerprint density at radius 3 is 2.56 bits per heavy atom. The third kappa shape index (κ3) is 4.83. The number of nitrogens with one attached hydrogen (secondary N) is 1. The predicted molar refractivity (Wildman–Crippen MR) is 64.6 cm³/mol. The SMILES string of the molecule is CNCC#Cc1ccc(OCCOC)cc1. The first kappa shape index (κ1) is 12.6. The highest BCUT2D eigenvalue weighted by atomic mass is 16.5. The number of ether oxygens (including phenoxy) is 2. The molecular formula is C13H17NO2. The third-order valence-electron chi connectivity index (χ3n) is 1.91. The molecule has 1 rings (SSSR count). The molecule has 0 saturated carbocycles. The van der Waals surface area contributed by atoms with E-state index in [-0.39, 0.29) is 0 Å². The summed E-state index contributed by atoms with van der Waals surface area (Å²) in [6.45, 7) is 1.87. The van der Waals surface area contributed by atoms with Gasteiger partial charge in [0, 0.05) is 12.7 Å². The smallest absolute Gasteiger partial charge is 0.119 e. The summed E-state index contributed by atoms with van der Waals surface area (Å²) in [5.41, 5.74) is 0.995. The Balaban J connectivity index is 2.45. The van der Waals surface area contributed by atoms with Gasteiger partial charge in [0.25, 0.3) is 0 Å². The van der Waals surface area contributed by atoms with Crippen LogP contribution in [0.4, 0.5) is 0 Å². The zero-order chi connectivity index (χ0) is 11.6. The van der Waals surface area contributed by atoms with Crippen molar-refractivity contribution in [1.82, 2.24) is 5.32 Å². The summed E-state index contributed by atoms with van der Waals surface area (Å²) in [6, 6.07) is 7.73. The van der Waals surface area contributed by atoms with Crippen molar-refractivity contribution in [2.75, 3.05) is 33.9 Å². The second kappa shape index (κ2) is 7.75. The molecule has 1 N–H and O–H groups in total. The molecule has 1 aromatic carbocycles. The maximum atomic E-state index is 5.44. The highest BCUT2D eigenvalue weighted by Gasteiger charge is 1.92. The van der Waals surface area contributed by atoms with Crippen LogP contribution in [0.5, 0.6) is 5.75 Å². The van der Waals surface area contributed by atoms with Gasteiger partial charge in [-0.25, -0.2) is 0 Å². The van der Waals surface area contributed by atoms with Gasteiger partial charge >= 0.3 is 0 Å². The molecule has 16 heavy (non-hydrogen) atoms. The Hall–Kier alpha value is -1.50. The number of hydrogen-bond donors (Lipinski definition) is 1. The quantitative estimate of drug-likeness (QED) is 0.598. The van der Waals surface area contributed by atoms with Crippen LogP contribution in [0, 0.1) is 11.8 Å². The molecule has 0 amide bonds. The second-order valence-corrected chi connectivity index (χ2v) is 3.20. The lowest BCUT2D eigenvalue weighted by atomic mass is 10.2. The van der Waals surface area contributed by atoms with Gasteiger partial charge in [-0.15, -0.1) is 0 Å². The van der Waals surface area contributed by atoms with Crippen molar-refractivity contribution in [1.29, 1.82) is 0 Å². The van der Waals surface area contributed by atoms with Crippen molar-refractivity contribution in [2.45, 2.75) is 0 Å². The van der Waals surface area contributed by atoms with E-state index in [0.29, 0.717) is 19.8 Å². The maximum Gasteiger partial charge on any atom is 0.119 e. The average Bonchev–Trinajstić information content (AvgIpc) is 2.32. The van der Waals surface area contributed by atoms with Crippen LogP contribution < -0.4 is 10.1 Å². The number of methoxy groups -OCH3 is 1. The van der Waals surface area contributed by atoms with Crippen LogP contribution in [0.1, 0.15) is 5.56 Å². The molecule has 86 valence electrons. The molecule has 0 radical (unpaired) electrons. The van der Waals surface area contributed by atoms with E-state index in [1.807, 2.05) is 31.3 Å². The standard InChI is InChI=1S/C13H17NO2/c1-14-9-3-4-12-5-7-13(8-6-12)16-11-10-15-2/h5-8,14H,9-11H2,1-2H3. The fourth-order valence-corrected chi connectivity index (χ4v) is 1.11. The minimum absolute atomic E-state index is 0.571. The summed E-state index contributed by atoms with van der Waals surface area (Å²) < 4.78 is 10.3. The monoisotopic (exact) mass is 219 g/mol. The Kier molecular flexibility index (Phi) is 6.09. The van der Waals surface area contributed by atoms with Crippen molar-refractivity contribution >= 4 is 0 Å². The van der Waals surface area contributed by atoms with Crippen molar-refractivity contribution in [2.24, 2.45) is 0 Å². The molecule has 0 aromatic heterocycles. The predicted octanol–water partition coefficient (Wildman–Crippen LogP) is 1.28. The van der Waals surface area contributed by atoms with Gasteiger partial charge in [0.05, 0.1) is 13.2 Å². The van der Waals surface area contributed by atoms with Crippen LogP contribution in [0.15, 0.2) is 24.3 Å². The van der Waals surface area contributed by atoms with Crippen LogP contribution in [0.3, 0.4) is 0 Å². The summed E-state index contributed by atoms with van der Waals surface area (Å²) in [5.74, 6) is 6.89. The van der Waals surface area contributed by atoms with Crippen molar-refractivity contribution in [3.05, 3.63) is 29.8 Å². The normalized spacial score (nSPS) is 9.38. The van der Waals surface area contributed by atoms with Crippen molar-refractivity contribution in [3.63, 3.8) is 0 Å². The number of rotatable bonds is 5. The molecule has 0 aliphatic rings. The average molecular weight is 219 g/mol. The second-order valence-electron chi connectivity index (χ2n) is 3.20. The summed E-state index contributed by atoms with van der Waals surface area (Å²) >= 11 is 0. The first-order valence-electron chi connectivity index (χ1n) is 5.22. The van der Waals surface area contributed by atoms with Crippen LogP contribution in [-0.4, -0.2) is 33.9 Å².